The van der Waals surface area contributed by atoms with E-state index >= 15 is 0 Å². The van der Waals surface area contributed by atoms with Gasteiger partial charge in [0.25, 0.3) is 0 Å². The van der Waals surface area contributed by atoms with Crippen LogP contribution in [0.4, 0.5) is 10.1 Å². The van der Waals surface area contributed by atoms with Gasteiger partial charge in [0, 0.05) is 30.4 Å². The van der Waals surface area contributed by atoms with Crippen LogP contribution in [0.5, 0.6) is 0 Å². The van der Waals surface area contributed by atoms with E-state index < -0.39 is 0 Å². The van der Waals surface area contributed by atoms with Crippen molar-refractivity contribution in [2.75, 3.05) is 4.90 Å². The number of rotatable bonds is 3. The number of carbonyl (C=O) groups excluding carboxylic acids is 1. The summed E-state index contributed by atoms with van der Waals surface area (Å²) in [4.78, 5) is 14.8. The number of anilines is 1. The summed E-state index contributed by atoms with van der Waals surface area (Å²) in [6.07, 6.45) is 3.59. The maximum Gasteiger partial charge on any atom is 0.232 e. The van der Waals surface area contributed by atoms with Crippen LogP contribution in [-0.2, 0) is 11.8 Å². The molecule has 8 heteroatoms. The third-order valence-electron chi connectivity index (χ3n) is 5.79. The van der Waals surface area contributed by atoms with Crippen molar-refractivity contribution >= 4 is 22.5 Å². The molecule has 0 aliphatic carbocycles. The summed E-state index contributed by atoms with van der Waals surface area (Å²) in [5.74, 6) is -0.630. The van der Waals surface area contributed by atoms with E-state index in [0.717, 1.165) is 28.0 Å². The first-order valence-electron chi connectivity index (χ1n) is 9.76. The molecule has 2 aromatic carbocycles. The summed E-state index contributed by atoms with van der Waals surface area (Å²) in [5.41, 5.74) is 9.57. The van der Waals surface area contributed by atoms with Crippen molar-refractivity contribution in [2.45, 2.75) is 19.0 Å². The summed E-state index contributed by atoms with van der Waals surface area (Å²) >= 11 is 0. The second-order valence-corrected chi connectivity index (χ2v) is 7.71. The third kappa shape index (κ3) is 2.80. The fourth-order valence-electron chi connectivity index (χ4n) is 4.13. The van der Waals surface area contributed by atoms with Crippen molar-refractivity contribution in [1.29, 1.82) is 0 Å². The van der Waals surface area contributed by atoms with Gasteiger partial charge in [-0.15, -0.1) is 0 Å². The normalized spacial score (nSPS) is 21.7. The molecule has 5 rings (SSSR count). The Balaban J connectivity index is 1.58. The van der Waals surface area contributed by atoms with Gasteiger partial charge in [0.05, 0.1) is 35.1 Å². The Labute approximate surface area is 172 Å². The van der Waals surface area contributed by atoms with Gasteiger partial charge in [-0.05, 0) is 48.5 Å². The van der Waals surface area contributed by atoms with E-state index in [1.54, 1.807) is 32.6 Å². The lowest BCUT2D eigenvalue weighted by Gasteiger charge is -2.25. The van der Waals surface area contributed by atoms with Crippen molar-refractivity contribution < 1.29 is 9.18 Å². The quantitative estimate of drug-likeness (QED) is 0.569. The zero-order valence-electron chi connectivity index (χ0n) is 16.6. The van der Waals surface area contributed by atoms with E-state index in [4.69, 9.17) is 5.73 Å². The third-order valence-corrected chi connectivity index (χ3v) is 5.79. The summed E-state index contributed by atoms with van der Waals surface area (Å²) in [5, 5.41) is 9.81. The number of aromatic nitrogens is 4. The van der Waals surface area contributed by atoms with E-state index in [9.17, 15) is 9.18 Å². The van der Waals surface area contributed by atoms with Crippen molar-refractivity contribution in [3.8, 4) is 5.69 Å². The van der Waals surface area contributed by atoms with E-state index in [-0.39, 0.29) is 29.7 Å². The van der Waals surface area contributed by atoms with Crippen LogP contribution in [0.25, 0.3) is 16.6 Å². The van der Waals surface area contributed by atoms with Crippen LogP contribution >= 0.6 is 0 Å². The number of fused-ring (bicyclic) bond motifs is 1. The molecule has 0 saturated carbocycles. The monoisotopic (exact) mass is 404 g/mol. The van der Waals surface area contributed by atoms with Gasteiger partial charge in [-0.3, -0.25) is 9.48 Å². The second-order valence-electron chi connectivity index (χ2n) is 7.71. The highest BCUT2D eigenvalue weighted by Gasteiger charge is 2.46. The molecule has 7 nitrogen and oxygen atoms in total. The standard InChI is InChI=1S/C22H21FN6O/c1-13-20(24)21(18-9-10-27(2)26-18)28(22(13)30)17-7-8-19-14(11-17)12-25-29(19)16-5-3-15(23)4-6-16/h3-13,20-21H,24H2,1-2H3/t13-,20-,21+/m0/s1. The number of benzene rings is 2. The predicted molar refractivity (Wildman–Crippen MR) is 112 cm³/mol. The lowest BCUT2D eigenvalue weighted by molar-refractivity contribution is -0.120. The lowest BCUT2D eigenvalue weighted by Crippen LogP contribution is -2.34. The Morgan fingerprint density at radius 3 is 2.50 bits per heavy atom. The van der Waals surface area contributed by atoms with E-state index in [0.29, 0.717) is 0 Å². The second kappa shape index (κ2) is 6.77. The van der Waals surface area contributed by atoms with Gasteiger partial charge in [0.2, 0.25) is 5.91 Å². The van der Waals surface area contributed by atoms with Gasteiger partial charge >= 0.3 is 0 Å². The van der Waals surface area contributed by atoms with Crippen molar-refractivity contribution in [3.63, 3.8) is 0 Å². The van der Waals surface area contributed by atoms with Gasteiger partial charge in [0.1, 0.15) is 5.82 Å². The average Bonchev–Trinajstić information content (AvgIpc) is 3.41. The molecule has 4 aromatic rings. The molecule has 30 heavy (non-hydrogen) atoms. The van der Waals surface area contributed by atoms with Gasteiger partial charge in [-0.2, -0.15) is 10.2 Å². The van der Waals surface area contributed by atoms with Gasteiger partial charge < -0.3 is 10.6 Å². The number of hydrogen-bond acceptors (Lipinski definition) is 4. The molecule has 0 unspecified atom stereocenters. The molecule has 3 atom stereocenters. The van der Waals surface area contributed by atoms with Crippen LogP contribution in [0, 0.1) is 11.7 Å². The van der Waals surface area contributed by atoms with Crippen LogP contribution in [0.3, 0.4) is 0 Å². The largest absolute Gasteiger partial charge is 0.325 e. The van der Waals surface area contributed by atoms with Crippen LogP contribution in [-0.4, -0.2) is 31.5 Å². The maximum atomic E-state index is 13.3. The fraction of sp³-hybridized carbons (Fsp3) is 0.227. The molecule has 1 amide bonds. The fourth-order valence-corrected chi connectivity index (χ4v) is 4.13. The molecule has 1 fully saturated rings. The van der Waals surface area contributed by atoms with Crippen molar-refractivity contribution in [2.24, 2.45) is 18.7 Å². The van der Waals surface area contributed by atoms with Gasteiger partial charge in [-0.1, -0.05) is 6.92 Å². The molecule has 3 heterocycles. The highest BCUT2D eigenvalue weighted by atomic mass is 19.1. The van der Waals surface area contributed by atoms with E-state index in [1.807, 2.05) is 44.4 Å². The number of nitrogens with two attached hydrogens (primary N) is 1. The minimum Gasteiger partial charge on any atom is -0.325 e. The van der Waals surface area contributed by atoms with Crippen molar-refractivity contribution in [1.82, 2.24) is 19.6 Å². The first-order valence-corrected chi connectivity index (χ1v) is 9.76. The molecule has 1 aliphatic heterocycles. The van der Waals surface area contributed by atoms with Crippen LogP contribution in [0.1, 0.15) is 18.7 Å². The number of aryl methyl sites for hydroxylation is 1. The summed E-state index contributed by atoms with van der Waals surface area (Å²) in [6, 6.07) is 13.1. The molecule has 1 aliphatic rings. The van der Waals surface area contributed by atoms with Gasteiger partial charge in [-0.25, -0.2) is 9.07 Å². The SMILES string of the molecule is C[C@@H]1C(=O)N(c2ccc3c(cnn3-c3ccc(F)cc3)c2)[C@H](c2ccn(C)n2)[C@H]1N. The number of halogens is 1. The Hall–Kier alpha value is -3.52. The number of hydrogen-bond donors (Lipinski definition) is 1. The number of carbonyl (C=O) groups is 1. The Morgan fingerprint density at radius 2 is 1.80 bits per heavy atom. The zero-order chi connectivity index (χ0) is 21.0. The molecule has 152 valence electrons. The average molecular weight is 404 g/mol. The van der Waals surface area contributed by atoms with Crippen LogP contribution < -0.4 is 10.6 Å². The molecule has 2 aromatic heterocycles. The number of amides is 1. The molecule has 2 N–H and O–H groups in total. The molecule has 0 spiro atoms. The molecule has 0 radical (unpaired) electrons. The lowest BCUT2D eigenvalue weighted by atomic mass is 9.99. The summed E-state index contributed by atoms with van der Waals surface area (Å²) in [6.45, 7) is 1.86. The van der Waals surface area contributed by atoms with E-state index in [1.165, 1.54) is 12.1 Å². The first-order chi connectivity index (χ1) is 14.4. The highest BCUT2D eigenvalue weighted by molar-refractivity contribution is 6.00. The number of nitrogens with zero attached hydrogens (tertiary/aromatic N) is 5. The maximum absolute atomic E-state index is 13.3. The Bertz CT molecular complexity index is 1240. The van der Waals surface area contributed by atoms with Crippen molar-refractivity contribution in [3.05, 3.63) is 72.4 Å². The highest BCUT2D eigenvalue weighted by Crippen LogP contribution is 2.39. The first kappa shape index (κ1) is 18.5. The smallest absolute Gasteiger partial charge is 0.232 e. The van der Waals surface area contributed by atoms with Gasteiger partial charge in [0.15, 0.2) is 0 Å². The Morgan fingerprint density at radius 1 is 1.07 bits per heavy atom. The molecular weight excluding hydrogens is 383 g/mol. The molecule has 0 bridgehead atoms. The summed E-state index contributed by atoms with van der Waals surface area (Å²) in [7, 11) is 1.84. The van der Waals surface area contributed by atoms with E-state index in [2.05, 4.69) is 10.2 Å². The molecule has 1 saturated heterocycles. The Kier molecular flexibility index (Phi) is 4.18. The topological polar surface area (TPSA) is 82.0 Å². The van der Waals surface area contributed by atoms with Crippen LogP contribution in [0.15, 0.2) is 60.9 Å². The minimum absolute atomic E-state index is 0.0246. The molecular formula is C22H21FN6O. The summed E-state index contributed by atoms with van der Waals surface area (Å²) < 4.78 is 16.7. The minimum atomic E-state index is -0.356. The zero-order valence-corrected chi connectivity index (χ0v) is 16.6. The predicted octanol–water partition coefficient (Wildman–Crippen LogP) is 2.95. The van der Waals surface area contributed by atoms with Crippen LogP contribution in [0.2, 0.25) is 0 Å².